The van der Waals surface area contributed by atoms with Crippen molar-refractivity contribution in [3.8, 4) is 0 Å². The van der Waals surface area contributed by atoms with E-state index in [2.05, 4.69) is 47.0 Å². The molecule has 2 aromatic heterocycles. The van der Waals surface area contributed by atoms with Crippen LogP contribution in [0.4, 0.5) is 11.5 Å². The van der Waals surface area contributed by atoms with Gasteiger partial charge in [0.2, 0.25) is 5.91 Å². The van der Waals surface area contributed by atoms with E-state index >= 15 is 0 Å². The number of likely N-dealkylation sites (N-methyl/N-ethyl adjacent to an activating group) is 1. The minimum absolute atomic E-state index is 0.0132. The number of nitrogen functional groups attached to an aromatic ring is 1. The molecule has 0 unspecified atom stereocenters. The zero-order chi connectivity index (χ0) is 37.2. The molecule has 1 saturated heterocycles. The fraction of sp³-hybridized carbons (Fsp3) is 0.676. The SMILES string of the molecule is CCCCc1nc2c([nH]1)c(N)nc1ccc(N3CC[N+](C)(CCOCCN(CCOCCC(=O)SC)C(=O)CCOCCOCCOC)CC3)cc12. The number of hydrogen-bond donors (Lipinski definition) is 2. The highest BCUT2D eigenvalue weighted by Gasteiger charge is 2.29. The number of anilines is 2. The number of aromatic amines is 1. The summed E-state index contributed by atoms with van der Waals surface area (Å²) in [5, 5.41) is 1.12. The number of hydrogen-bond acceptors (Lipinski definition) is 12. The summed E-state index contributed by atoms with van der Waals surface area (Å²) in [7, 11) is 3.92. The third kappa shape index (κ3) is 13.1. The van der Waals surface area contributed by atoms with Gasteiger partial charge in [-0.05, 0) is 30.9 Å². The molecule has 0 saturated carbocycles. The van der Waals surface area contributed by atoms with Crippen LogP contribution in [0.3, 0.4) is 0 Å². The van der Waals surface area contributed by atoms with Gasteiger partial charge in [-0.15, -0.1) is 0 Å². The third-order valence-corrected chi connectivity index (χ3v) is 10.2. The van der Waals surface area contributed by atoms with E-state index in [9.17, 15) is 9.59 Å². The summed E-state index contributed by atoms with van der Waals surface area (Å²) >= 11 is 1.20. The number of carbonyl (C=O) groups is 2. The minimum Gasteiger partial charge on any atom is -0.382 e. The van der Waals surface area contributed by atoms with Crippen molar-refractivity contribution in [1.82, 2.24) is 19.9 Å². The van der Waals surface area contributed by atoms with Crippen LogP contribution in [-0.2, 0) is 39.7 Å². The highest BCUT2D eigenvalue weighted by atomic mass is 32.2. The van der Waals surface area contributed by atoms with Gasteiger partial charge < -0.3 is 48.7 Å². The first-order valence-electron chi connectivity index (χ1n) is 18.6. The second kappa shape index (κ2) is 22.2. The normalized spacial score (nSPS) is 14.4. The van der Waals surface area contributed by atoms with Crippen LogP contribution in [0.2, 0.25) is 0 Å². The number of H-pyrrole nitrogens is 1. The summed E-state index contributed by atoms with van der Waals surface area (Å²) in [6.07, 6.45) is 5.47. The Morgan fingerprint density at radius 2 is 1.62 bits per heavy atom. The number of pyridine rings is 1. The molecule has 0 aliphatic carbocycles. The molecule has 3 N–H and O–H groups in total. The summed E-state index contributed by atoms with van der Waals surface area (Å²) in [5.74, 6) is 1.44. The van der Waals surface area contributed by atoms with E-state index in [1.807, 2.05) is 0 Å². The molecular formula is C37H60N7O7S+. The van der Waals surface area contributed by atoms with Crippen LogP contribution in [0.1, 0.15) is 38.4 Å². The van der Waals surface area contributed by atoms with E-state index < -0.39 is 0 Å². The van der Waals surface area contributed by atoms with E-state index in [1.54, 1.807) is 18.3 Å². The van der Waals surface area contributed by atoms with Crippen molar-refractivity contribution in [2.24, 2.45) is 0 Å². The maximum Gasteiger partial charge on any atom is 0.225 e. The fourth-order valence-corrected chi connectivity index (χ4v) is 6.42. The number of amides is 1. The van der Waals surface area contributed by atoms with Crippen molar-refractivity contribution in [2.45, 2.75) is 39.0 Å². The maximum atomic E-state index is 13.0. The molecular weight excluding hydrogens is 687 g/mol. The van der Waals surface area contributed by atoms with Gasteiger partial charge in [-0.2, -0.15) is 0 Å². The molecule has 52 heavy (non-hydrogen) atoms. The van der Waals surface area contributed by atoms with Gasteiger partial charge in [0, 0.05) is 44.1 Å². The zero-order valence-corrected chi connectivity index (χ0v) is 32.5. The molecule has 0 radical (unpaired) electrons. The Hall–Kier alpha value is -3.05. The number of aryl methyl sites for hydroxylation is 1. The quantitative estimate of drug-likeness (QED) is 0.0964. The largest absolute Gasteiger partial charge is 0.382 e. The number of nitrogens with zero attached hydrogens (tertiary/aromatic N) is 5. The van der Waals surface area contributed by atoms with E-state index in [0.29, 0.717) is 84.8 Å². The van der Waals surface area contributed by atoms with Gasteiger partial charge in [-0.25, -0.2) is 9.97 Å². The smallest absolute Gasteiger partial charge is 0.225 e. The van der Waals surface area contributed by atoms with Crippen LogP contribution < -0.4 is 10.6 Å². The van der Waals surface area contributed by atoms with Crippen molar-refractivity contribution in [3.05, 3.63) is 24.0 Å². The number of unbranched alkanes of at least 4 members (excludes halogenated alkanes) is 1. The summed E-state index contributed by atoms with van der Waals surface area (Å²) in [6, 6.07) is 6.40. The predicted octanol–water partition coefficient (Wildman–Crippen LogP) is 3.51. The first kappa shape index (κ1) is 41.7. The Morgan fingerprint density at radius 3 is 2.33 bits per heavy atom. The first-order chi connectivity index (χ1) is 25.3. The van der Waals surface area contributed by atoms with Gasteiger partial charge in [0.05, 0.1) is 105 Å². The Balaban J connectivity index is 1.21. The Kier molecular flexibility index (Phi) is 17.8. The molecule has 3 heterocycles. The van der Waals surface area contributed by atoms with Crippen molar-refractivity contribution in [1.29, 1.82) is 0 Å². The van der Waals surface area contributed by atoms with Crippen molar-refractivity contribution in [2.75, 3.05) is 136 Å². The number of rotatable bonds is 25. The highest BCUT2D eigenvalue weighted by Crippen LogP contribution is 2.30. The lowest BCUT2D eigenvalue weighted by Crippen LogP contribution is -2.58. The molecule has 1 aromatic carbocycles. The summed E-state index contributed by atoms with van der Waals surface area (Å²) < 4.78 is 28.6. The summed E-state index contributed by atoms with van der Waals surface area (Å²) in [5.41, 5.74) is 10.0. The third-order valence-electron chi connectivity index (χ3n) is 9.52. The van der Waals surface area contributed by atoms with E-state index in [-0.39, 0.29) is 17.4 Å². The lowest BCUT2D eigenvalue weighted by Gasteiger charge is -2.42. The lowest BCUT2D eigenvalue weighted by molar-refractivity contribution is -0.910. The van der Waals surface area contributed by atoms with Gasteiger partial charge >= 0.3 is 0 Å². The molecule has 0 bridgehead atoms. The van der Waals surface area contributed by atoms with Crippen LogP contribution in [0.25, 0.3) is 21.9 Å². The molecule has 290 valence electrons. The first-order valence-corrected chi connectivity index (χ1v) is 19.8. The Morgan fingerprint density at radius 1 is 0.942 bits per heavy atom. The van der Waals surface area contributed by atoms with Gasteiger partial charge in [0.25, 0.3) is 0 Å². The van der Waals surface area contributed by atoms with Gasteiger partial charge in [-0.1, -0.05) is 25.1 Å². The zero-order valence-electron chi connectivity index (χ0n) is 31.7. The molecule has 15 heteroatoms. The van der Waals surface area contributed by atoms with Crippen LogP contribution in [0, 0.1) is 0 Å². The highest BCUT2D eigenvalue weighted by molar-refractivity contribution is 8.13. The van der Waals surface area contributed by atoms with E-state index in [0.717, 1.165) is 84.2 Å². The van der Waals surface area contributed by atoms with Gasteiger partial charge in [0.1, 0.15) is 29.2 Å². The number of ether oxygens (including phenoxy) is 5. The van der Waals surface area contributed by atoms with Crippen LogP contribution in [0.15, 0.2) is 18.2 Å². The average Bonchev–Trinajstić information content (AvgIpc) is 3.59. The molecule has 1 fully saturated rings. The van der Waals surface area contributed by atoms with Crippen LogP contribution in [-0.4, -0.2) is 161 Å². The fourth-order valence-electron chi connectivity index (χ4n) is 6.13. The molecule has 1 amide bonds. The average molecular weight is 747 g/mol. The molecule has 14 nitrogen and oxygen atoms in total. The van der Waals surface area contributed by atoms with E-state index in [1.165, 1.54) is 17.4 Å². The van der Waals surface area contributed by atoms with Crippen molar-refractivity contribution in [3.63, 3.8) is 0 Å². The molecule has 3 aromatic rings. The predicted molar refractivity (Wildman–Crippen MR) is 207 cm³/mol. The molecule has 0 spiro atoms. The molecule has 1 aliphatic heterocycles. The van der Waals surface area contributed by atoms with Crippen LogP contribution >= 0.6 is 11.8 Å². The number of methoxy groups -OCH3 is 1. The summed E-state index contributed by atoms with van der Waals surface area (Å²) in [4.78, 5) is 41.8. The number of fused-ring (bicyclic) bond motifs is 3. The number of imidazole rings is 1. The number of carbonyl (C=O) groups excluding carboxylic acids is 2. The second-order valence-electron chi connectivity index (χ2n) is 13.4. The number of benzene rings is 1. The number of nitrogens with two attached hydrogens (primary N) is 1. The molecule has 1 aliphatic rings. The molecule has 4 rings (SSSR count). The number of nitrogens with one attached hydrogen (secondary N) is 1. The Labute approximate surface area is 312 Å². The maximum absolute atomic E-state index is 13.0. The van der Waals surface area contributed by atoms with Crippen molar-refractivity contribution < 1.29 is 37.8 Å². The number of quaternary nitrogens is 1. The number of aromatic nitrogens is 3. The minimum atomic E-state index is -0.0132. The lowest BCUT2D eigenvalue weighted by atomic mass is 10.1. The second-order valence-corrected chi connectivity index (χ2v) is 14.2. The van der Waals surface area contributed by atoms with Gasteiger partial charge in [0.15, 0.2) is 5.12 Å². The van der Waals surface area contributed by atoms with E-state index in [4.69, 9.17) is 34.4 Å². The number of thioether (sulfide) groups is 1. The Bertz CT molecular complexity index is 1530. The van der Waals surface area contributed by atoms with Crippen molar-refractivity contribution >= 4 is 56.2 Å². The standard InChI is InChI=1S/C37H60N7O7S/c1-5-6-7-32-40-35-30-28-29(8-9-31(30)39-37(38)36(35)41-32)42-12-16-44(2,17-13-42)18-23-50-22-15-43(14-21-48-20-11-34(46)52-4)33(45)10-19-49-26-27-51-25-24-47-3/h8-9,28H,5-7,10-27H2,1-4H3,(H2,38,39)(H,40,41)/q+1. The van der Waals surface area contributed by atoms with Gasteiger partial charge in [-0.3, -0.25) is 9.59 Å². The number of piperazine rings is 1. The van der Waals surface area contributed by atoms with Crippen LogP contribution in [0.5, 0.6) is 0 Å². The monoisotopic (exact) mass is 746 g/mol. The molecule has 0 atom stereocenters. The summed E-state index contributed by atoms with van der Waals surface area (Å²) in [6.45, 7) is 11.8. The topological polar surface area (TPSA) is 154 Å².